The molecule has 48 valence electrons. The molecule has 0 bridgehead atoms. The fourth-order valence-corrected chi connectivity index (χ4v) is 1.60. The predicted molar refractivity (Wildman–Crippen MR) is 42.8 cm³/mol. The van der Waals surface area contributed by atoms with Crippen LogP contribution in [0.5, 0.6) is 0 Å². The Bertz CT molecular complexity index is 113. The maximum atomic E-state index is 2.28. The van der Waals surface area contributed by atoms with Crippen molar-refractivity contribution in [3.05, 3.63) is 24.3 Å². The average molecular weight is 136 g/mol. The fraction of sp³-hybridized carbons (Fsp3) is 0.500. The van der Waals surface area contributed by atoms with Gasteiger partial charge in [-0.05, 0) is 12.3 Å². The van der Waals surface area contributed by atoms with Crippen LogP contribution in [-0.2, 0) is 0 Å². The number of hydrogen-bond acceptors (Lipinski definition) is 0. The van der Waals surface area contributed by atoms with Crippen LogP contribution in [0, 0.1) is 5.92 Å². The van der Waals surface area contributed by atoms with Crippen molar-refractivity contribution >= 4 is 9.52 Å². The molecule has 0 fully saturated rings. The van der Waals surface area contributed by atoms with Gasteiger partial charge in [-0.2, -0.15) is 0 Å². The first-order valence-electron chi connectivity index (χ1n) is 3.43. The van der Waals surface area contributed by atoms with Crippen molar-refractivity contribution in [2.24, 2.45) is 5.92 Å². The maximum Gasteiger partial charge on any atom is 0.0343 e. The van der Waals surface area contributed by atoms with Gasteiger partial charge in [0.25, 0.3) is 0 Å². The zero-order valence-electron chi connectivity index (χ0n) is 5.80. The monoisotopic (exact) mass is 136 g/mol. The van der Waals surface area contributed by atoms with Gasteiger partial charge in [0.05, 0.1) is 0 Å². The molecule has 0 nitrogen and oxygen atoms in total. The summed E-state index contributed by atoms with van der Waals surface area (Å²) in [4.78, 5) is 0. The van der Waals surface area contributed by atoms with E-state index in [0.717, 1.165) is 15.4 Å². The van der Waals surface area contributed by atoms with Crippen molar-refractivity contribution in [3.63, 3.8) is 0 Å². The van der Waals surface area contributed by atoms with Crippen LogP contribution in [0.25, 0.3) is 0 Å². The van der Waals surface area contributed by atoms with Crippen LogP contribution < -0.4 is 0 Å². The molecule has 0 N–H and O–H groups in total. The number of hydrogen-bond donors (Lipinski definition) is 0. The molecule has 0 atom stereocenters. The Morgan fingerprint density at radius 3 is 2.56 bits per heavy atom. The second-order valence-electron chi connectivity index (χ2n) is 2.33. The second-order valence-corrected chi connectivity index (χ2v) is 3.53. The Labute approximate surface area is 59.5 Å². The zero-order valence-corrected chi connectivity index (χ0v) is 6.80. The Kier molecular flexibility index (Phi) is 2.78. The van der Waals surface area contributed by atoms with Crippen LogP contribution in [-0.4, -0.2) is 9.52 Å². The Balaban J connectivity index is 2.13. The van der Waals surface area contributed by atoms with Crippen LogP contribution in [0.15, 0.2) is 24.3 Å². The molecular weight excluding hydrogens is 124 g/mol. The van der Waals surface area contributed by atoms with Crippen molar-refractivity contribution < 1.29 is 0 Å². The topological polar surface area (TPSA) is 0 Å². The van der Waals surface area contributed by atoms with Crippen molar-refractivity contribution in [2.45, 2.75) is 19.0 Å². The highest BCUT2D eigenvalue weighted by Gasteiger charge is 2.00. The van der Waals surface area contributed by atoms with E-state index in [1.54, 1.807) is 0 Å². The quantitative estimate of drug-likeness (QED) is 0.522. The summed E-state index contributed by atoms with van der Waals surface area (Å²) in [6.45, 7) is 2.27. The summed E-state index contributed by atoms with van der Waals surface area (Å²) in [7, 11) is 1.12. The minimum absolute atomic E-state index is 0.762. The number of rotatable bonds is 3. The van der Waals surface area contributed by atoms with E-state index in [4.69, 9.17) is 0 Å². The van der Waals surface area contributed by atoms with Crippen LogP contribution in [0.3, 0.4) is 0 Å². The fourth-order valence-electron chi connectivity index (χ4n) is 0.981. The Hall–Kier alpha value is -0.303. The van der Waals surface area contributed by atoms with Gasteiger partial charge in [-0.1, -0.05) is 36.9 Å². The molecule has 0 aliphatic heterocycles. The van der Waals surface area contributed by atoms with E-state index >= 15 is 0 Å². The molecule has 0 aromatic rings. The minimum Gasteiger partial charge on any atom is -0.0776 e. The van der Waals surface area contributed by atoms with E-state index in [-0.39, 0.29) is 0 Å². The van der Waals surface area contributed by atoms with Gasteiger partial charge in [0.15, 0.2) is 0 Å². The summed E-state index contributed by atoms with van der Waals surface area (Å²) in [5.74, 6) is 0.762. The van der Waals surface area contributed by atoms with Crippen molar-refractivity contribution in [3.8, 4) is 0 Å². The first-order chi connectivity index (χ1) is 4.43. The molecule has 0 aromatic carbocycles. The molecule has 0 unspecified atom stereocenters. The molecule has 1 aliphatic carbocycles. The minimum atomic E-state index is 0.762. The Morgan fingerprint density at radius 1 is 1.33 bits per heavy atom. The van der Waals surface area contributed by atoms with Crippen LogP contribution in [0.2, 0.25) is 12.6 Å². The van der Waals surface area contributed by atoms with Crippen molar-refractivity contribution in [1.82, 2.24) is 0 Å². The van der Waals surface area contributed by atoms with Crippen LogP contribution in [0.4, 0.5) is 0 Å². The largest absolute Gasteiger partial charge is 0.0776 e. The van der Waals surface area contributed by atoms with Gasteiger partial charge in [-0.25, -0.2) is 0 Å². The third-order valence-electron chi connectivity index (χ3n) is 1.56. The first kappa shape index (κ1) is 6.81. The van der Waals surface area contributed by atoms with E-state index in [2.05, 4.69) is 30.9 Å². The zero-order chi connectivity index (χ0) is 6.53. The normalized spacial score (nSPS) is 17.4. The summed E-state index contributed by atoms with van der Waals surface area (Å²) in [5, 5.41) is 0. The van der Waals surface area contributed by atoms with Gasteiger partial charge < -0.3 is 0 Å². The molecular formula is C8H12Si. The molecule has 0 saturated carbocycles. The lowest BCUT2D eigenvalue weighted by molar-refractivity contribution is 0.780. The summed E-state index contributed by atoms with van der Waals surface area (Å²) < 4.78 is 0. The van der Waals surface area contributed by atoms with E-state index in [1.165, 1.54) is 12.5 Å². The van der Waals surface area contributed by atoms with E-state index in [9.17, 15) is 0 Å². The standard InChI is InChI=1S/C8H12Si/c1-9-7-6-8-4-2-3-5-8/h2-5,8H,6-7H2,1H3. The van der Waals surface area contributed by atoms with E-state index in [1.807, 2.05) is 0 Å². The Morgan fingerprint density at radius 2 is 2.00 bits per heavy atom. The van der Waals surface area contributed by atoms with Gasteiger partial charge in [0, 0.05) is 9.52 Å². The molecule has 0 amide bonds. The highest BCUT2D eigenvalue weighted by molar-refractivity contribution is 6.33. The molecule has 0 spiro atoms. The van der Waals surface area contributed by atoms with E-state index in [0.29, 0.717) is 0 Å². The highest BCUT2D eigenvalue weighted by Crippen LogP contribution is 2.14. The van der Waals surface area contributed by atoms with Gasteiger partial charge in [0.2, 0.25) is 0 Å². The molecule has 2 radical (unpaired) electrons. The van der Waals surface area contributed by atoms with Crippen molar-refractivity contribution in [1.29, 1.82) is 0 Å². The molecule has 9 heavy (non-hydrogen) atoms. The van der Waals surface area contributed by atoms with Crippen LogP contribution >= 0.6 is 0 Å². The molecule has 0 aromatic heterocycles. The third-order valence-corrected chi connectivity index (χ3v) is 2.34. The lowest BCUT2D eigenvalue weighted by Gasteiger charge is -2.00. The number of allylic oxidation sites excluding steroid dienone is 4. The van der Waals surface area contributed by atoms with Gasteiger partial charge >= 0.3 is 0 Å². The molecule has 0 heterocycles. The van der Waals surface area contributed by atoms with E-state index < -0.39 is 0 Å². The van der Waals surface area contributed by atoms with Crippen molar-refractivity contribution in [2.75, 3.05) is 0 Å². The SMILES string of the molecule is C[Si]CCC1C=CC=C1. The second kappa shape index (κ2) is 3.67. The van der Waals surface area contributed by atoms with Crippen LogP contribution in [0.1, 0.15) is 6.42 Å². The smallest absolute Gasteiger partial charge is 0.0343 e. The van der Waals surface area contributed by atoms with Gasteiger partial charge in [-0.3, -0.25) is 0 Å². The first-order valence-corrected chi connectivity index (χ1v) is 5.14. The summed E-state index contributed by atoms with van der Waals surface area (Å²) in [6.07, 6.45) is 10.2. The highest BCUT2D eigenvalue weighted by atomic mass is 28.2. The lowest BCUT2D eigenvalue weighted by atomic mass is 10.1. The average Bonchev–Trinajstić information content (AvgIpc) is 2.34. The summed E-state index contributed by atoms with van der Waals surface area (Å²) in [6, 6.07) is 1.39. The summed E-state index contributed by atoms with van der Waals surface area (Å²) in [5.41, 5.74) is 0. The molecule has 1 aliphatic rings. The van der Waals surface area contributed by atoms with Gasteiger partial charge in [-0.15, -0.1) is 0 Å². The molecule has 1 rings (SSSR count). The third kappa shape index (κ3) is 2.18. The molecule has 1 heteroatoms. The maximum absolute atomic E-state index is 2.28. The molecule has 0 saturated heterocycles. The van der Waals surface area contributed by atoms with Gasteiger partial charge in [0.1, 0.15) is 0 Å². The predicted octanol–water partition coefficient (Wildman–Crippen LogP) is 2.29. The summed E-state index contributed by atoms with van der Waals surface area (Å²) >= 11 is 0. The lowest BCUT2D eigenvalue weighted by Crippen LogP contribution is -1.90.